The van der Waals surface area contributed by atoms with Crippen LogP contribution in [0.1, 0.15) is 69.1 Å². The molecule has 4 aliphatic rings. The quantitative estimate of drug-likeness (QED) is 0.251. The zero-order valence-corrected chi connectivity index (χ0v) is 23.9. The summed E-state index contributed by atoms with van der Waals surface area (Å²) in [5.41, 5.74) is 4.67. The van der Waals surface area contributed by atoms with Gasteiger partial charge in [0.25, 0.3) is 23.6 Å². The largest absolute Gasteiger partial charge is 0.268 e. The Bertz CT molecular complexity index is 1680. The van der Waals surface area contributed by atoms with Crippen molar-refractivity contribution >= 4 is 70.1 Å². The molecule has 6 nitrogen and oxygen atoms in total. The first kappa shape index (κ1) is 25.3. The molecule has 4 aromatic rings. The summed E-state index contributed by atoms with van der Waals surface area (Å²) in [5.74, 6) is 0.649. The molecule has 4 amide bonds. The molecule has 4 aromatic carbocycles. The normalized spacial score (nSPS) is 24.2. The Labute approximate surface area is 244 Å². The van der Waals surface area contributed by atoms with Gasteiger partial charge in [0.15, 0.2) is 13.4 Å². The molecular weight excluding hydrogens is 522 g/mol. The van der Waals surface area contributed by atoms with Crippen molar-refractivity contribution in [2.24, 2.45) is 0 Å². The molecule has 4 heterocycles. The van der Waals surface area contributed by atoms with E-state index in [9.17, 15) is 19.2 Å². The van der Waals surface area contributed by atoms with Gasteiger partial charge in [-0.1, -0.05) is 86.2 Å². The molecule has 2 fully saturated rings. The molecule has 0 aliphatic carbocycles. The van der Waals surface area contributed by atoms with Gasteiger partial charge in [-0.2, -0.15) is 0 Å². The number of hydrogen-bond acceptors (Lipinski definition) is 4. The lowest BCUT2D eigenvalue weighted by molar-refractivity contribution is 0.0873. The molecule has 8 rings (SSSR count). The van der Waals surface area contributed by atoms with Crippen LogP contribution in [-0.4, -0.2) is 37.1 Å². The summed E-state index contributed by atoms with van der Waals surface area (Å²) in [5, 5.41) is 0.754. The Morgan fingerprint density at radius 3 is 0.929 bits per heavy atom. The van der Waals surface area contributed by atoms with Crippen LogP contribution in [0.5, 0.6) is 0 Å². The fourth-order valence-corrected chi connectivity index (χ4v) is 7.57. The van der Waals surface area contributed by atoms with Crippen molar-refractivity contribution < 1.29 is 19.2 Å². The number of amides is 4. The molecule has 0 aromatic heterocycles. The maximum absolute atomic E-state index is 13.8. The third-order valence-corrected chi connectivity index (χ3v) is 10.6. The summed E-state index contributed by atoms with van der Waals surface area (Å²) < 4.78 is 0. The SMILES string of the molecule is CC1B(c2ccc(N3C(=O)c4ccc5c6c(ccc(c46)C3=O)C(=O)N(c3ccc(B4C(C)C4C)cc3)C5=O)cc2)C1C. The van der Waals surface area contributed by atoms with E-state index >= 15 is 0 Å². The van der Waals surface area contributed by atoms with Crippen LogP contribution in [0.3, 0.4) is 0 Å². The van der Waals surface area contributed by atoms with E-state index in [2.05, 4.69) is 27.7 Å². The van der Waals surface area contributed by atoms with Crippen molar-refractivity contribution in [3.63, 3.8) is 0 Å². The summed E-state index contributed by atoms with van der Waals surface area (Å²) in [6.45, 7) is 9.93. The van der Waals surface area contributed by atoms with Crippen LogP contribution in [0.15, 0.2) is 72.8 Å². The number of rotatable bonds is 4. The number of carbonyl (C=O) groups excluding carboxylic acids is 4. The lowest BCUT2D eigenvalue weighted by Gasteiger charge is -2.32. The minimum atomic E-state index is -0.460. The fraction of sp³-hybridized carbons (Fsp3) is 0.235. The second-order valence-electron chi connectivity index (χ2n) is 12.6. The Balaban J connectivity index is 1.17. The Morgan fingerprint density at radius 2 is 0.690 bits per heavy atom. The summed E-state index contributed by atoms with van der Waals surface area (Å²) in [7, 11) is 0. The van der Waals surface area contributed by atoms with E-state index in [-0.39, 0.29) is 0 Å². The number of carbonyl (C=O) groups is 4. The summed E-state index contributed by atoms with van der Waals surface area (Å²) in [6.07, 6.45) is 0. The fourth-order valence-electron chi connectivity index (χ4n) is 7.57. The van der Waals surface area contributed by atoms with Gasteiger partial charge in [-0.25, -0.2) is 9.80 Å². The van der Waals surface area contributed by atoms with E-state index in [4.69, 9.17) is 0 Å². The molecule has 0 radical (unpaired) electrons. The van der Waals surface area contributed by atoms with E-state index in [1.807, 2.05) is 48.5 Å². The van der Waals surface area contributed by atoms with Crippen molar-refractivity contribution in [1.82, 2.24) is 0 Å². The molecule has 0 spiro atoms. The third-order valence-electron chi connectivity index (χ3n) is 10.6. The first-order valence-electron chi connectivity index (χ1n) is 14.8. The molecule has 0 saturated carbocycles. The summed E-state index contributed by atoms with van der Waals surface area (Å²) >= 11 is 0. The van der Waals surface area contributed by atoms with Crippen molar-refractivity contribution in [1.29, 1.82) is 0 Å². The van der Waals surface area contributed by atoms with Crippen molar-refractivity contribution in [3.8, 4) is 0 Å². The van der Waals surface area contributed by atoms with E-state index in [1.54, 1.807) is 24.3 Å². The predicted octanol–water partition coefficient (Wildman–Crippen LogP) is 5.43. The highest BCUT2D eigenvalue weighted by molar-refractivity contribution is 6.86. The van der Waals surface area contributed by atoms with Crippen molar-refractivity contribution in [2.75, 3.05) is 9.80 Å². The van der Waals surface area contributed by atoms with Gasteiger partial charge in [-0.05, 0) is 48.5 Å². The summed E-state index contributed by atoms with van der Waals surface area (Å²) in [6, 6.07) is 21.8. The number of anilines is 2. The third kappa shape index (κ3) is 3.29. The predicted molar refractivity (Wildman–Crippen MR) is 168 cm³/mol. The Kier molecular flexibility index (Phi) is 5.14. The molecule has 2 saturated heterocycles. The van der Waals surface area contributed by atoms with Crippen LogP contribution in [0, 0.1) is 0 Å². The molecule has 4 atom stereocenters. The lowest BCUT2D eigenvalue weighted by Crippen LogP contribution is -2.43. The molecule has 0 bridgehead atoms. The highest BCUT2D eigenvalue weighted by Crippen LogP contribution is 2.49. The number of hydrogen-bond donors (Lipinski definition) is 0. The first-order chi connectivity index (χ1) is 20.2. The number of imide groups is 2. The van der Waals surface area contributed by atoms with Gasteiger partial charge in [-0.3, -0.25) is 19.2 Å². The number of nitrogens with zero attached hydrogens (tertiary/aromatic N) is 2. The molecular formula is C34H28B2N2O4. The van der Waals surface area contributed by atoms with E-state index < -0.39 is 23.6 Å². The number of benzene rings is 4. The van der Waals surface area contributed by atoms with Gasteiger partial charge in [0.05, 0.1) is 11.4 Å². The van der Waals surface area contributed by atoms with Crippen LogP contribution in [-0.2, 0) is 0 Å². The van der Waals surface area contributed by atoms with Gasteiger partial charge in [0.1, 0.15) is 0 Å². The maximum Gasteiger partial charge on any atom is 0.265 e. The highest BCUT2D eigenvalue weighted by atomic mass is 16.2. The van der Waals surface area contributed by atoms with Crippen LogP contribution in [0.2, 0.25) is 23.3 Å². The molecule has 8 heteroatoms. The minimum Gasteiger partial charge on any atom is -0.268 e. The van der Waals surface area contributed by atoms with Crippen LogP contribution < -0.4 is 20.7 Å². The van der Waals surface area contributed by atoms with Crippen LogP contribution in [0.4, 0.5) is 11.4 Å². The lowest BCUT2D eigenvalue weighted by atomic mass is 9.59. The zero-order chi connectivity index (χ0) is 29.2. The molecule has 204 valence electrons. The van der Waals surface area contributed by atoms with E-state index in [1.165, 1.54) is 20.7 Å². The topological polar surface area (TPSA) is 74.8 Å². The van der Waals surface area contributed by atoms with Crippen molar-refractivity contribution in [2.45, 2.75) is 51.0 Å². The second kappa shape index (κ2) is 8.54. The molecule has 4 aliphatic heterocycles. The monoisotopic (exact) mass is 550 g/mol. The molecule has 0 N–H and O–H groups in total. The Morgan fingerprint density at radius 1 is 0.429 bits per heavy atom. The molecule has 42 heavy (non-hydrogen) atoms. The smallest absolute Gasteiger partial charge is 0.265 e. The van der Waals surface area contributed by atoms with E-state index in [0.717, 1.165) is 0 Å². The van der Waals surface area contributed by atoms with Crippen molar-refractivity contribution in [3.05, 3.63) is 95.1 Å². The second-order valence-corrected chi connectivity index (χ2v) is 12.6. The van der Waals surface area contributed by atoms with Crippen LogP contribution >= 0.6 is 0 Å². The van der Waals surface area contributed by atoms with Gasteiger partial charge in [-0.15, -0.1) is 0 Å². The minimum absolute atomic E-state index is 0.310. The van der Waals surface area contributed by atoms with Crippen LogP contribution in [0.25, 0.3) is 10.8 Å². The summed E-state index contributed by atoms with van der Waals surface area (Å²) in [4.78, 5) is 57.6. The van der Waals surface area contributed by atoms with Gasteiger partial charge < -0.3 is 0 Å². The van der Waals surface area contributed by atoms with Gasteiger partial charge in [0.2, 0.25) is 0 Å². The van der Waals surface area contributed by atoms with Gasteiger partial charge >= 0.3 is 0 Å². The standard InChI is InChI=1S/C34H28B2N2O4/c1-17-18(2)35(17)21-5-9-23(10-6-21)37-31(39)25-13-15-27-30-28(16-14-26(29(25)30)32(37)40)34(42)38(33(27)41)24-11-7-22(8-12-24)36-19(3)20(36)4/h5-20H,1-4H3. The Hall–Kier alpha value is -4.45. The van der Waals surface area contributed by atoms with Gasteiger partial charge in [0, 0.05) is 33.0 Å². The van der Waals surface area contributed by atoms with E-state index in [0.29, 0.717) is 81.1 Å². The average molecular weight is 550 g/mol. The average Bonchev–Trinajstić information content (AvgIpc) is 3.82. The first-order valence-corrected chi connectivity index (χ1v) is 14.8. The highest BCUT2D eigenvalue weighted by Gasteiger charge is 2.48. The molecule has 4 unspecified atom stereocenters. The maximum atomic E-state index is 13.8. The zero-order valence-electron chi connectivity index (χ0n) is 23.9.